The highest BCUT2D eigenvalue weighted by Crippen LogP contribution is 2.20. The molecule has 0 bridgehead atoms. The number of nitrogens with one attached hydrogen (secondary N) is 2. The van der Waals surface area contributed by atoms with Crippen molar-refractivity contribution >= 4 is 11.3 Å². The SMILES string of the molecule is CNC(c1ccsc1)c1cn[nH]n1. The molecule has 0 aliphatic rings. The van der Waals surface area contributed by atoms with Gasteiger partial charge in [-0.05, 0) is 29.4 Å². The molecular formula is C8H10N4S. The maximum absolute atomic E-state index is 4.05. The van der Waals surface area contributed by atoms with Crippen LogP contribution in [0.1, 0.15) is 17.3 Å². The van der Waals surface area contributed by atoms with E-state index >= 15 is 0 Å². The number of hydrogen-bond donors (Lipinski definition) is 2. The van der Waals surface area contributed by atoms with E-state index in [2.05, 4.69) is 37.6 Å². The lowest BCUT2D eigenvalue weighted by molar-refractivity contribution is 0.669. The lowest BCUT2D eigenvalue weighted by Gasteiger charge is -2.10. The Bertz CT molecular complexity index is 306. The fourth-order valence-electron chi connectivity index (χ4n) is 1.27. The van der Waals surface area contributed by atoms with Crippen LogP contribution in [0.3, 0.4) is 0 Å². The van der Waals surface area contributed by atoms with E-state index in [1.807, 2.05) is 7.05 Å². The Balaban J connectivity index is 2.29. The summed E-state index contributed by atoms with van der Waals surface area (Å²) >= 11 is 1.68. The highest BCUT2D eigenvalue weighted by atomic mass is 32.1. The maximum atomic E-state index is 4.05. The molecule has 2 aromatic heterocycles. The summed E-state index contributed by atoms with van der Waals surface area (Å²) in [7, 11) is 1.91. The van der Waals surface area contributed by atoms with Crippen molar-refractivity contribution in [1.82, 2.24) is 20.7 Å². The predicted molar refractivity (Wildman–Crippen MR) is 51.6 cm³/mol. The van der Waals surface area contributed by atoms with Gasteiger partial charge in [0, 0.05) is 0 Å². The van der Waals surface area contributed by atoms with Gasteiger partial charge in [-0.2, -0.15) is 26.7 Å². The summed E-state index contributed by atoms with van der Waals surface area (Å²) in [4.78, 5) is 0. The molecule has 0 aliphatic heterocycles. The molecule has 1 unspecified atom stereocenters. The van der Waals surface area contributed by atoms with Crippen LogP contribution in [-0.4, -0.2) is 22.5 Å². The molecule has 0 saturated carbocycles. The van der Waals surface area contributed by atoms with Crippen molar-refractivity contribution in [3.05, 3.63) is 34.3 Å². The van der Waals surface area contributed by atoms with E-state index < -0.39 is 0 Å². The number of thiophene rings is 1. The zero-order valence-corrected chi connectivity index (χ0v) is 8.01. The lowest BCUT2D eigenvalue weighted by Crippen LogP contribution is -2.17. The number of hydrogen-bond acceptors (Lipinski definition) is 4. The van der Waals surface area contributed by atoms with Crippen molar-refractivity contribution in [3.63, 3.8) is 0 Å². The summed E-state index contributed by atoms with van der Waals surface area (Å²) in [6.07, 6.45) is 1.73. The molecule has 2 rings (SSSR count). The number of rotatable bonds is 3. The van der Waals surface area contributed by atoms with Gasteiger partial charge in [0.25, 0.3) is 0 Å². The third kappa shape index (κ3) is 1.61. The van der Waals surface area contributed by atoms with E-state index in [4.69, 9.17) is 0 Å². The van der Waals surface area contributed by atoms with Gasteiger partial charge in [-0.25, -0.2) is 0 Å². The first kappa shape index (κ1) is 8.40. The van der Waals surface area contributed by atoms with Gasteiger partial charge in [0.1, 0.15) is 5.69 Å². The minimum Gasteiger partial charge on any atom is -0.308 e. The summed E-state index contributed by atoms with van der Waals surface area (Å²) in [6.45, 7) is 0. The lowest BCUT2D eigenvalue weighted by atomic mass is 10.1. The average molecular weight is 194 g/mol. The Morgan fingerprint density at radius 1 is 1.62 bits per heavy atom. The molecule has 2 N–H and O–H groups in total. The van der Waals surface area contributed by atoms with Crippen molar-refractivity contribution < 1.29 is 0 Å². The monoisotopic (exact) mass is 194 g/mol. The number of aromatic amines is 1. The van der Waals surface area contributed by atoms with E-state index in [-0.39, 0.29) is 6.04 Å². The topological polar surface area (TPSA) is 53.6 Å². The van der Waals surface area contributed by atoms with Crippen molar-refractivity contribution in [1.29, 1.82) is 0 Å². The minimum absolute atomic E-state index is 0.144. The number of H-pyrrole nitrogens is 1. The van der Waals surface area contributed by atoms with E-state index in [1.54, 1.807) is 17.5 Å². The molecule has 2 aromatic rings. The molecule has 2 heterocycles. The first-order valence-corrected chi connectivity index (χ1v) is 4.91. The van der Waals surface area contributed by atoms with Gasteiger partial charge in [0.15, 0.2) is 0 Å². The summed E-state index contributed by atoms with van der Waals surface area (Å²) in [6, 6.07) is 2.23. The van der Waals surface area contributed by atoms with E-state index in [1.165, 1.54) is 5.56 Å². The number of nitrogens with zero attached hydrogens (tertiary/aromatic N) is 2. The van der Waals surface area contributed by atoms with Gasteiger partial charge in [0.05, 0.1) is 12.2 Å². The van der Waals surface area contributed by atoms with Gasteiger partial charge in [-0.15, -0.1) is 0 Å². The van der Waals surface area contributed by atoms with Crippen LogP contribution in [0.25, 0.3) is 0 Å². The Labute approximate surface area is 80.0 Å². The van der Waals surface area contributed by atoms with Crippen LogP contribution >= 0.6 is 11.3 Å². The Hall–Kier alpha value is -1.20. The van der Waals surface area contributed by atoms with Crippen molar-refractivity contribution in [2.75, 3.05) is 7.05 Å². The normalized spacial score (nSPS) is 13.0. The quantitative estimate of drug-likeness (QED) is 0.771. The Morgan fingerprint density at radius 3 is 3.08 bits per heavy atom. The predicted octanol–water partition coefficient (Wildman–Crippen LogP) is 1.18. The van der Waals surface area contributed by atoms with Gasteiger partial charge in [-0.1, -0.05) is 0 Å². The molecule has 68 valence electrons. The van der Waals surface area contributed by atoms with Crippen LogP contribution in [0.5, 0.6) is 0 Å². The largest absolute Gasteiger partial charge is 0.308 e. The molecule has 0 fully saturated rings. The molecule has 0 spiro atoms. The fraction of sp³-hybridized carbons (Fsp3) is 0.250. The van der Waals surface area contributed by atoms with Gasteiger partial charge >= 0.3 is 0 Å². The van der Waals surface area contributed by atoms with Crippen LogP contribution < -0.4 is 5.32 Å². The highest BCUT2D eigenvalue weighted by Gasteiger charge is 2.14. The molecule has 1 atom stereocenters. The standard InChI is InChI=1S/C8H10N4S/c1-9-8(6-2-3-13-5-6)7-4-10-12-11-7/h2-5,8-9H,1H3,(H,10,11,12). The van der Waals surface area contributed by atoms with E-state index in [0.29, 0.717) is 0 Å². The second kappa shape index (κ2) is 3.68. The van der Waals surface area contributed by atoms with Gasteiger partial charge in [0.2, 0.25) is 0 Å². The zero-order chi connectivity index (χ0) is 9.10. The summed E-state index contributed by atoms with van der Waals surface area (Å²) < 4.78 is 0. The maximum Gasteiger partial charge on any atom is 0.104 e. The fourth-order valence-corrected chi connectivity index (χ4v) is 1.96. The first-order chi connectivity index (χ1) is 6.42. The third-order valence-corrected chi connectivity index (χ3v) is 2.60. The molecule has 0 radical (unpaired) electrons. The van der Waals surface area contributed by atoms with E-state index in [9.17, 15) is 0 Å². The summed E-state index contributed by atoms with van der Waals surface area (Å²) in [5.41, 5.74) is 2.14. The summed E-state index contributed by atoms with van der Waals surface area (Å²) in [5, 5.41) is 17.8. The Kier molecular flexibility index (Phi) is 2.37. The van der Waals surface area contributed by atoms with Crippen LogP contribution in [0.4, 0.5) is 0 Å². The molecule has 0 aliphatic carbocycles. The third-order valence-electron chi connectivity index (χ3n) is 1.89. The molecule has 0 amide bonds. The van der Waals surface area contributed by atoms with Crippen LogP contribution in [-0.2, 0) is 0 Å². The smallest absolute Gasteiger partial charge is 0.104 e. The summed E-state index contributed by atoms with van der Waals surface area (Å²) in [5.74, 6) is 0. The van der Waals surface area contributed by atoms with Crippen molar-refractivity contribution in [3.8, 4) is 0 Å². The number of aromatic nitrogens is 3. The minimum atomic E-state index is 0.144. The van der Waals surface area contributed by atoms with Crippen LogP contribution in [0.2, 0.25) is 0 Å². The second-order valence-electron chi connectivity index (χ2n) is 2.67. The van der Waals surface area contributed by atoms with Gasteiger partial charge in [-0.3, -0.25) is 0 Å². The second-order valence-corrected chi connectivity index (χ2v) is 3.45. The van der Waals surface area contributed by atoms with Crippen molar-refractivity contribution in [2.45, 2.75) is 6.04 Å². The zero-order valence-electron chi connectivity index (χ0n) is 7.19. The molecule has 13 heavy (non-hydrogen) atoms. The van der Waals surface area contributed by atoms with Gasteiger partial charge < -0.3 is 5.32 Å². The van der Waals surface area contributed by atoms with Crippen molar-refractivity contribution in [2.24, 2.45) is 0 Å². The first-order valence-electron chi connectivity index (χ1n) is 3.97. The molecule has 5 heteroatoms. The molecule has 0 aromatic carbocycles. The molecule has 0 saturated heterocycles. The van der Waals surface area contributed by atoms with Crippen LogP contribution in [0, 0.1) is 0 Å². The van der Waals surface area contributed by atoms with E-state index in [0.717, 1.165) is 5.69 Å². The molecule has 4 nitrogen and oxygen atoms in total. The molecular weight excluding hydrogens is 184 g/mol. The average Bonchev–Trinajstić information content (AvgIpc) is 2.76. The highest BCUT2D eigenvalue weighted by molar-refractivity contribution is 7.07. The Morgan fingerprint density at radius 2 is 2.54 bits per heavy atom. The van der Waals surface area contributed by atoms with Crippen LogP contribution in [0.15, 0.2) is 23.0 Å².